The van der Waals surface area contributed by atoms with Crippen molar-refractivity contribution in [1.82, 2.24) is 0 Å². The molecule has 0 bridgehead atoms. The molecule has 0 heterocycles. The molecule has 0 unspecified atom stereocenters. The first-order valence-electron chi connectivity index (χ1n) is 5.74. The van der Waals surface area contributed by atoms with Gasteiger partial charge in [0, 0.05) is 0 Å². The van der Waals surface area contributed by atoms with E-state index < -0.39 is 15.8 Å². The van der Waals surface area contributed by atoms with Crippen LogP contribution in [-0.2, 0) is 10.0 Å². The molecule has 0 spiro atoms. The lowest BCUT2D eigenvalue weighted by molar-refractivity contribution is 0.600. The summed E-state index contributed by atoms with van der Waals surface area (Å²) in [5.41, 5.74) is 1.78. The van der Waals surface area contributed by atoms with E-state index in [2.05, 4.69) is 4.72 Å². The average Bonchev–Trinajstić information content (AvgIpc) is 2.33. The van der Waals surface area contributed by atoms with Gasteiger partial charge in [-0.15, -0.1) is 0 Å². The van der Waals surface area contributed by atoms with E-state index in [1.54, 1.807) is 19.1 Å². The molecule has 0 atom stereocenters. The highest BCUT2D eigenvalue weighted by molar-refractivity contribution is 7.92. The zero-order chi connectivity index (χ0) is 14.0. The Bertz CT molecular complexity index is 711. The number of sulfonamides is 1. The van der Waals surface area contributed by atoms with Gasteiger partial charge < -0.3 is 0 Å². The summed E-state index contributed by atoms with van der Waals surface area (Å²) in [7, 11) is -3.64. The van der Waals surface area contributed by atoms with Gasteiger partial charge in [0.25, 0.3) is 10.0 Å². The standard InChI is InChI=1S/C14H14FNO2S/c1-10-4-3-5-13(8-10)19(17,18)16-14-7-6-12(15)9-11(14)2/h3-9,16H,1-2H3. The van der Waals surface area contributed by atoms with Crippen LogP contribution in [0.2, 0.25) is 0 Å². The van der Waals surface area contributed by atoms with Gasteiger partial charge in [0.2, 0.25) is 0 Å². The summed E-state index contributed by atoms with van der Waals surface area (Å²) in [6, 6.07) is 10.5. The molecule has 0 saturated carbocycles. The van der Waals surface area contributed by atoms with Gasteiger partial charge in [0.05, 0.1) is 10.6 Å². The third-order valence-electron chi connectivity index (χ3n) is 2.73. The zero-order valence-corrected chi connectivity index (χ0v) is 11.5. The van der Waals surface area contributed by atoms with Crippen LogP contribution in [0, 0.1) is 19.7 Å². The molecule has 2 aromatic carbocycles. The SMILES string of the molecule is Cc1cccc(S(=O)(=O)Nc2ccc(F)cc2C)c1. The van der Waals surface area contributed by atoms with Crippen molar-refractivity contribution < 1.29 is 12.8 Å². The first-order valence-corrected chi connectivity index (χ1v) is 7.22. The van der Waals surface area contributed by atoms with Gasteiger partial charge in [0.15, 0.2) is 0 Å². The second-order valence-corrected chi connectivity index (χ2v) is 6.06. The zero-order valence-electron chi connectivity index (χ0n) is 10.6. The maximum absolute atomic E-state index is 13.0. The molecule has 0 aromatic heterocycles. The molecule has 0 amide bonds. The van der Waals surface area contributed by atoms with E-state index in [4.69, 9.17) is 0 Å². The molecule has 0 aliphatic carbocycles. The molecular weight excluding hydrogens is 265 g/mol. The van der Waals surface area contributed by atoms with Crippen molar-refractivity contribution in [2.24, 2.45) is 0 Å². The molecule has 2 aromatic rings. The fourth-order valence-electron chi connectivity index (χ4n) is 1.73. The fraction of sp³-hybridized carbons (Fsp3) is 0.143. The summed E-state index contributed by atoms with van der Waals surface area (Å²) in [6.45, 7) is 3.47. The van der Waals surface area contributed by atoms with Gasteiger partial charge in [0.1, 0.15) is 5.82 Å². The van der Waals surface area contributed by atoms with Gasteiger partial charge in [-0.25, -0.2) is 12.8 Å². The largest absolute Gasteiger partial charge is 0.279 e. The summed E-state index contributed by atoms with van der Waals surface area (Å²) < 4.78 is 39.8. The van der Waals surface area contributed by atoms with E-state index in [9.17, 15) is 12.8 Å². The second kappa shape index (κ2) is 5.01. The molecule has 1 N–H and O–H groups in total. The first kappa shape index (κ1) is 13.5. The van der Waals surface area contributed by atoms with Gasteiger partial charge >= 0.3 is 0 Å². The third kappa shape index (κ3) is 3.12. The summed E-state index contributed by atoms with van der Waals surface area (Å²) in [5.74, 6) is -0.393. The predicted octanol–water partition coefficient (Wildman–Crippen LogP) is 3.24. The highest BCUT2D eigenvalue weighted by Gasteiger charge is 2.15. The summed E-state index contributed by atoms with van der Waals surface area (Å²) in [5, 5.41) is 0. The van der Waals surface area contributed by atoms with Crippen LogP contribution in [0.4, 0.5) is 10.1 Å². The van der Waals surface area contributed by atoms with Gasteiger partial charge in [-0.2, -0.15) is 0 Å². The highest BCUT2D eigenvalue weighted by atomic mass is 32.2. The third-order valence-corrected chi connectivity index (χ3v) is 4.10. The molecule has 5 heteroatoms. The molecule has 2 rings (SSSR count). The Labute approximate surface area is 112 Å². The number of rotatable bonds is 3. The van der Waals surface area contributed by atoms with E-state index in [0.29, 0.717) is 11.3 Å². The van der Waals surface area contributed by atoms with Crippen molar-refractivity contribution in [1.29, 1.82) is 0 Å². The van der Waals surface area contributed by atoms with E-state index in [-0.39, 0.29) is 4.90 Å². The van der Waals surface area contributed by atoms with Crippen molar-refractivity contribution in [3.63, 3.8) is 0 Å². The number of aryl methyl sites for hydroxylation is 2. The van der Waals surface area contributed by atoms with E-state index in [0.717, 1.165) is 5.56 Å². The van der Waals surface area contributed by atoms with Crippen molar-refractivity contribution in [3.05, 3.63) is 59.4 Å². The molecule has 19 heavy (non-hydrogen) atoms. The van der Waals surface area contributed by atoms with Crippen LogP contribution in [0.25, 0.3) is 0 Å². The molecule has 0 radical (unpaired) electrons. The Hall–Kier alpha value is -1.88. The Morgan fingerprint density at radius 1 is 1.05 bits per heavy atom. The summed E-state index contributed by atoms with van der Waals surface area (Å²) in [6.07, 6.45) is 0. The van der Waals surface area contributed by atoms with E-state index in [1.165, 1.54) is 24.3 Å². The minimum absolute atomic E-state index is 0.191. The Balaban J connectivity index is 2.36. The minimum Gasteiger partial charge on any atom is -0.279 e. The molecule has 0 saturated heterocycles. The van der Waals surface area contributed by atoms with Crippen LogP contribution in [0.3, 0.4) is 0 Å². The monoisotopic (exact) mass is 279 g/mol. The number of anilines is 1. The van der Waals surface area contributed by atoms with Gasteiger partial charge in [-0.3, -0.25) is 4.72 Å². The van der Waals surface area contributed by atoms with Crippen LogP contribution in [0.1, 0.15) is 11.1 Å². The Morgan fingerprint density at radius 3 is 2.42 bits per heavy atom. The topological polar surface area (TPSA) is 46.2 Å². The second-order valence-electron chi connectivity index (χ2n) is 4.38. The Morgan fingerprint density at radius 2 is 1.79 bits per heavy atom. The molecule has 0 aliphatic rings. The lowest BCUT2D eigenvalue weighted by Gasteiger charge is -2.11. The number of nitrogens with one attached hydrogen (secondary N) is 1. The minimum atomic E-state index is -3.64. The fourth-order valence-corrected chi connectivity index (χ4v) is 2.96. The van der Waals surface area contributed by atoms with Gasteiger partial charge in [-0.1, -0.05) is 12.1 Å². The van der Waals surface area contributed by atoms with Crippen LogP contribution in [-0.4, -0.2) is 8.42 Å². The van der Waals surface area contributed by atoms with Crippen LogP contribution >= 0.6 is 0 Å². The van der Waals surface area contributed by atoms with E-state index >= 15 is 0 Å². The molecule has 0 fully saturated rings. The van der Waals surface area contributed by atoms with Crippen LogP contribution in [0.5, 0.6) is 0 Å². The molecule has 0 aliphatic heterocycles. The maximum Gasteiger partial charge on any atom is 0.261 e. The number of hydrogen-bond acceptors (Lipinski definition) is 2. The van der Waals surface area contributed by atoms with Crippen LogP contribution < -0.4 is 4.72 Å². The lowest BCUT2D eigenvalue weighted by atomic mass is 10.2. The maximum atomic E-state index is 13.0. The smallest absolute Gasteiger partial charge is 0.261 e. The average molecular weight is 279 g/mol. The molecule has 100 valence electrons. The number of benzene rings is 2. The van der Waals surface area contributed by atoms with Crippen molar-refractivity contribution in [3.8, 4) is 0 Å². The number of hydrogen-bond donors (Lipinski definition) is 1. The summed E-state index contributed by atoms with van der Waals surface area (Å²) in [4.78, 5) is 0.191. The molecule has 3 nitrogen and oxygen atoms in total. The Kier molecular flexibility index (Phi) is 3.57. The van der Waals surface area contributed by atoms with Crippen LogP contribution in [0.15, 0.2) is 47.4 Å². The van der Waals surface area contributed by atoms with Crippen molar-refractivity contribution >= 4 is 15.7 Å². The predicted molar refractivity (Wildman–Crippen MR) is 73.1 cm³/mol. The van der Waals surface area contributed by atoms with Crippen molar-refractivity contribution in [2.75, 3.05) is 4.72 Å². The normalized spacial score (nSPS) is 11.3. The summed E-state index contributed by atoms with van der Waals surface area (Å²) >= 11 is 0. The lowest BCUT2D eigenvalue weighted by Crippen LogP contribution is -2.13. The van der Waals surface area contributed by atoms with Crippen molar-refractivity contribution in [2.45, 2.75) is 18.7 Å². The number of halogens is 1. The molecular formula is C14H14FNO2S. The quantitative estimate of drug-likeness (QED) is 0.937. The van der Waals surface area contributed by atoms with E-state index in [1.807, 2.05) is 13.0 Å². The highest BCUT2D eigenvalue weighted by Crippen LogP contribution is 2.20. The first-order chi connectivity index (χ1) is 8.88. The van der Waals surface area contributed by atoms with Gasteiger partial charge in [-0.05, 0) is 55.3 Å².